The van der Waals surface area contributed by atoms with Crippen molar-refractivity contribution in [3.8, 4) is 11.5 Å². The van der Waals surface area contributed by atoms with Gasteiger partial charge in [0.25, 0.3) is 0 Å². The van der Waals surface area contributed by atoms with Gasteiger partial charge >= 0.3 is 0 Å². The highest BCUT2D eigenvalue weighted by atomic mass is 16.5. The number of aryl methyl sites for hydroxylation is 2. The summed E-state index contributed by atoms with van der Waals surface area (Å²) in [6, 6.07) is 13.2. The first kappa shape index (κ1) is 18.8. The second-order valence-electron chi connectivity index (χ2n) is 7.51. The molecule has 0 saturated heterocycles. The molecule has 0 bridgehead atoms. The SMILES string of the molecule is CCCCCCc1ccc2c(c1)Oc1cc(CCCCCC)ccc1N2. The zero-order chi connectivity index (χ0) is 18.2. The Kier molecular flexibility index (Phi) is 6.99. The van der Waals surface area contributed by atoms with Gasteiger partial charge in [0.05, 0.1) is 11.4 Å². The van der Waals surface area contributed by atoms with E-state index in [1.807, 2.05) is 0 Å². The average Bonchev–Trinajstić information content (AvgIpc) is 2.67. The Hall–Kier alpha value is -1.96. The maximum absolute atomic E-state index is 6.25. The summed E-state index contributed by atoms with van der Waals surface area (Å²) >= 11 is 0. The summed E-state index contributed by atoms with van der Waals surface area (Å²) in [5.41, 5.74) is 4.90. The van der Waals surface area contributed by atoms with E-state index >= 15 is 0 Å². The predicted molar refractivity (Wildman–Crippen MR) is 112 cm³/mol. The average molecular weight is 352 g/mol. The van der Waals surface area contributed by atoms with Gasteiger partial charge in [-0.3, -0.25) is 0 Å². The number of anilines is 2. The molecule has 26 heavy (non-hydrogen) atoms. The van der Waals surface area contributed by atoms with Crippen LogP contribution in [0.15, 0.2) is 36.4 Å². The van der Waals surface area contributed by atoms with Crippen LogP contribution in [0.4, 0.5) is 11.4 Å². The third-order valence-corrected chi connectivity index (χ3v) is 5.22. The van der Waals surface area contributed by atoms with E-state index in [1.165, 1.54) is 62.5 Å². The monoisotopic (exact) mass is 351 g/mol. The third-order valence-electron chi connectivity index (χ3n) is 5.22. The standard InChI is InChI=1S/C24H33NO/c1-3-5-7-9-11-19-13-15-21-23(17-19)26-24-18-20(12-10-8-6-4-2)14-16-22(24)25-21/h13-18,25H,3-12H2,1-2H3. The number of rotatable bonds is 10. The molecule has 0 atom stereocenters. The Morgan fingerprint density at radius 3 is 1.62 bits per heavy atom. The maximum atomic E-state index is 6.25. The van der Waals surface area contributed by atoms with Gasteiger partial charge in [-0.1, -0.05) is 64.5 Å². The van der Waals surface area contributed by atoms with Crippen LogP contribution in [0.5, 0.6) is 11.5 Å². The lowest BCUT2D eigenvalue weighted by molar-refractivity contribution is 0.479. The number of benzene rings is 2. The van der Waals surface area contributed by atoms with E-state index in [1.54, 1.807) is 0 Å². The first-order valence-electron chi connectivity index (χ1n) is 10.5. The molecule has 0 aromatic heterocycles. The third kappa shape index (κ3) is 5.03. The number of nitrogens with one attached hydrogen (secondary N) is 1. The molecule has 0 fully saturated rings. The lowest BCUT2D eigenvalue weighted by Crippen LogP contribution is -2.04. The van der Waals surface area contributed by atoms with Gasteiger partial charge in [0, 0.05) is 0 Å². The van der Waals surface area contributed by atoms with Crippen molar-refractivity contribution < 1.29 is 4.74 Å². The van der Waals surface area contributed by atoms with Gasteiger partial charge in [0.2, 0.25) is 0 Å². The Balaban J connectivity index is 1.63. The summed E-state index contributed by atoms with van der Waals surface area (Å²) in [6.07, 6.45) is 12.7. The molecule has 1 aliphatic rings. The fraction of sp³-hybridized carbons (Fsp3) is 0.500. The topological polar surface area (TPSA) is 21.3 Å². The first-order valence-corrected chi connectivity index (χ1v) is 10.5. The first-order chi connectivity index (χ1) is 12.8. The zero-order valence-corrected chi connectivity index (χ0v) is 16.4. The predicted octanol–water partition coefficient (Wildman–Crippen LogP) is 7.78. The van der Waals surface area contributed by atoms with Crippen molar-refractivity contribution in [2.24, 2.45) is 0 Å². The Morgan fingerprint density at radius 1 is 0.654 bits per heavy atom. The molecule has 0 unspecified atom stereocenters. The van der Waals surface area contributed by atoms with Gasteiger partial charge in [-0.25, -0.2) is 0 Å². The highest BCUT2D eigenvalue weighted by molar-refractivity contribution is 5.76. The molecule has 1 heterocycles. The smallest absolute Gasteiger partial charge is 0.151 e. The van der Waals surface area contributed by atoms with Crippen LogP contribution < -0.4 is 10.1 Å². The normalized spacial score (nSPS) is 12.1. The minimum atomic E-state index is 0.966. The summed E-state index contributed by atoms with van der Waals surface area (Å²) in [6.45, 7) is 4.52. The minimum Gasteiger partial charge on any atom is -0.453 e. The molecule has 2 nitrogen and oxygen atoms in total. The van der Waals surface area contributed by atoms with E-state index in [-0.39, 0.29) is 0 Å². The Bertz CT molecular complexity index is 648. The van der Waals surface area contributed by atoms with Crippen LogP contribution in [-0.4, -0.2) is 0 Å². The molecule has 0 saturated carbocycles. The lowest BCUT2D eigenvalue weighted by atomic mass is 10.0. The summed E-state index contributed by atoms with van der Waals surface area (Å²) in [5.74, 6) is 1.93. The summed E-state index contributed by atoms with van der Waals surface area (Å²) in [5, 5.41) is 3.52. The highest BCUT2D eigenvalue weighted by Crippen LogP contribution is 2.42. The highest BCUT2D eigenvalue weighted by Gasteiger charge is 2.17. The summed E-state index contributed by atoms with van der Waals surface area (Å²) in [4.78, 5) is 0. The fourth-order valence-electron chi connectivity index (χ4n) is 3.60. The summed E-state index contributed by atoms with van der Waals surface area (Å²) in [7, 11) is 0. The van der Waals surface area contributed by atoms with Crippen LogP contribution in [0.1, 0.15) is 76.3 Å². The van der Waals surface area contributed by atoms with Crippen LogP contribution in [0.25, 0.3) is 0 Å². The van der Waals surface area contributed by atoms with Gasteiger partial charge in [-0.15, -0.1) is 0 Å². The molecule has 1 aliphatic heterocycles. The van der Waals surface area contributed by atoms with Crippen LogP contribution in [-0.2, 0) is 12.8 Å². The quantitative estimate of drug-likeness (QED) is 0.376. The number of hydrogen-bond acceptors (Lipinski definition) is 2. The Morgan fingerprint density at radius 2 is 1.15 bits per heavy atom. The van der Waals surface area contributed by atoms with Crippen LogP contribution in [0.3, 0.4) is 0 Å². The molecule has 0 aliphatic carbocycles. The number of unbranched alkanes of at least 4 members (excludes halogenated alkanes) is 6. The fourth-order valence-corrected chi connectivity index (χ4v) is 3.60. The van der Waals surface area contributed by atoms with Crippen molar-refractivity contribution in [1.82, 2.24) is 0 Å². The Labute approximate surface area is 159 Å². The molecule has 2 aromatic rings. The van der Waals surface area contributed by atoms with Gasteiger partial charge < -0.3 is 10.1 Å². The molecular weight excluding hydrogens is 318 g/mol. The van der Waals surface area contributed by atoms with Crippen molar-refractivity contribution >= 4 is 11.4 Å². The molecule has 1 N–H and O–H groups in total. The molecule has 140 valence electrons. The van der Waals surface area contributed by atoms with Crippen molar-refractivity contribution in [3.63, 3.8) is 0 Å². The number of ether oxygens (including phenoxy) is 1. The molecule has 0 amide bonds. The van der Waals surface area contributed by atoms with E-state index in [0.717, 1.165) is 35.7 Å². The molecular formula is C24H33NO. The van der Waals surface area contributed by atoms with Crippen molar-refractivity contribution in [2.45, 2.75) is 78.1 Å². The molecule has 2 aromatic carbocycles. The van der Waals surface area contributed by atoms with Crippen molar-refractivity contribution in [1.29, 1.82) is 0 Å². The van der Waals surface area contributed by atoms with Crippen LogP contribution in [0.2, 0.25) is 0 Å². The zero-order valence-electron chi connectivity index (χ0n) is 16.4. The second-order valence-corrected chi connectivity index (χ2v) is 7.51. The molecule has 0 spiro atoms. The largest absolute Gasteiger partial charge is 0.453 e. The lowest BCUT2D eigenvalue weighted by Gasteiger charge is -2.23. The van der Waals surface area contributed by atoms with E-state index in [2.05, 4.69) is 55.6 Å². The minimum absolute atomic E-state index is 0.966. The second kappa shape index (κ2) is 9.66. The summed E-state index contributed by atoms with van der Waals surface area (Å²) < 4.78 is 6.25. The van der Waals surface area contributed by atoms with Gasteiger partial charge in [0.15, 0.2) is 11.5 Å². The van der Waals surface area contributed by atoms with Crippen molar-refractivity contribution in [2.75, 3.05) is 5.32 Å². The van der Waals surface area contributed by atoms with E-state index < -0.39 is 0 Å². The van der Waals surface area contributed by atoms with E-state index in [4.69, 9.17) is 4.74 Å². The number of fused-ring (bicyclic) bond motifs is 2. The molecule has 2 heteroatoms. The van der Waals surface area contributed by atoms with Crippen LogP contribution >= 0.6 is 0 Å². The van der Waals surface area contributed by atoms with Crippen molar-refractivity contribution in [3.05, 3.63) is 47.5 Å². The molecule has 3 rings (SSSR count). The van der Waals surface area contributed by atoms with Gasteiger partial charge in [0.1, 0.15) is 0 Å². The number of hydrogen-bond donors (Lipinski definition) is 1. The maximum Gasteiger partial charge on any atom is 0.151 e. The van der Waals surface area contributed by atoms with Gasteiger partial charge in [-0.05, 0) is 61.1 Å². The molecule has 0 radical (unpaired) electrons. The van der Waals surface area contributed by atoms with E-state index in [9.17, 15) is 0 Å². The van der Waals surface area contributed by atoms with Gasteiger partial charge in [-0.2, -0.15) is 0 Å². The van der Waals surface area contributed by atoms with E-state index in [0.29, 0.717) is 0 Å². The van der Waals surface area contributed by atoms with Crippen LogP contribution in [0, 0.1) is 0 Å².